The summed E-state index contributed by atoms with van der Waals surface area (Å²) in [4.78, 5) is 7.11. The summed E-state index contributed by atoms with van der Waals surface area (Å²) in [5.41, 5.74) is 1.15. The highest BCUT2D eigenvalue weighted by molar-refractivity contribution is 5.34. The van der Waals surface area contributed by atoms with Gasteiger partial charge in [0, 0.05) is 26.2 Å². The maximum absolute atomic E-state index is 5.85. The standard InChI is InChI=1S/C14H21N3O/c1-2-15-14-5-3-4-11(16-14)8-17-9-12-6-7-13(10-17)18-12/h3-5,12-13H,2,6-10H2,1H3,(H,15,16). The second-order valence-corrected chi connectivity index (χ2v) is 5.20. The molecular weight excluding hydrogens is 226 g/mol. The summed E-state index contributed by atoms with van der Waals surface area (Å²) in [6.45, 7) is 6.06. The average Bonchev–Trinajstić information content (AvgIpc) is 2.70. The Labute approximate surface area is 108 Å². The predicted molar refractivity (Wildman–Crippen MR) is 71.6 cm³/mol. The smallest absolute Gasteiger partial charge is 0.126 e. The fourth-order valence-corrected chi connectivity index (χ4v) is 2.90. The number of rotatable bonds is 4. The largest absolute Gasteiger partial charge is 0.372 e. The first-order chi connectivity index (χ1) is 8.83. The monoisotopic (exact) mass is 247 g/mol. The summed E-state index contributed by atoms with van der Waals surface area (Å²) in [6, 6.07) is 6.21. The molecule has 2 aliphatic heterocycles. The highest BCUT2D eigenvalue weighted by Crippen LogP contribution is 2.26. The van der Waals surface area contributed by atoms with Crippen LogP contribution in [0.1, 0.15) is 25.5 Å². The average molecular weight is 247 g/mol. The third-order valence-corrected chi connectivity index (χ3v) is 3.67. The molecule has 4 heteroatoms. The van der Waals surface area contributed by atoms with Crippen LogP contribution in [0.4, 0.5) is 5.82 Å². The predicted octanol–water partition coefficient (Wildman–Crippen LogP) is 1.88. The van der Waals surface area contributed by atoms with Crippen LogP contribution in [0.3, 0.4) is 0 Å². The van der Waals surface area contributed by atoms with Crippen molar-refractivity contribution >= 4 is 5.82 Å². The van der Waals surface area contributed by atoms with Crippen LogP contribution in [0.25, 0.3) is 0 Å². The van der Waals surface area contributed by atoms with Gasteiger partial charge in [0.2, 0.25) is 0 Å². The summed E-state index contributed by atoms with van der Waals surface area (Å²) in [6.07, 6.45) is 3.37. The molecule has 0 radical (unpaired) electrons. The maximum Gasteiger partial charge on any atom is 0.126 e. The van der Waals surface area contributed by atoms with Gasteiger partial charge in [-0.2, -0.15) is 0 Å². The van der Waals surface area contributed by atoms with E-state index in [1.807, 2.05) is 6.07 Å². The number of ether oxygens (including phenoxy) is 1. The van der Waals surface area contributed by atoms with Crippen LogP contribution in [0.5, 0.6) is 0 Å². The summed E-state index contributed by atoms with van der Waals surface area (Å²) >= 11 is 0. The van der Waals surface area contributed by atoms with Crippen molar-refractivity contribution < 1.29 is 4.74 Å². The topological polar surface area (TPSA) is 37.4 Å². The van der Waals surface area contributed by atoms with Crippen LogP contribution < -0.4 is 5.32 Å². The van der Waals surface area contributed by atoms with E-state index in [1.165, 1.54) is 12.8 Å². The van der Waals surface area contributed by atoms with Gasteiger partial charge in [0.05, 0.1) is 17.9 Å². The van der Waals surface area contributed by atoms with E-state index in [4.69, 9.17) is 4.74 Å². The van der Waals surface area contributed by atoms with Gasteiger partial charge in [-0.3, -0.25) is 4.90 Å². The third-order valence-electron chi connectivity index (χ3n) is 3.67. The van der Waals surface area contributed by atoms with Crippen LogP contribution in [-0.4, -0.2) is 41.7 Å². The zero-order valence-corrected chi connectivity index (χ0v) is 10.9. The molecule has 4 nitrogen and oxygen atoms in total. The van der Waals surface area contributed by atoms with Crippen LogP contribution in [0.2, 0.25) is 0 Å². The van der Waals surface area contributed by atoms with Crippen molar-refractivity contribution in [2.75, 3.05) is 25.0 Å². The molecule has 2 saturated heterocycles. The van der Waals surface area contributed by atoms with E-state index < -0.39 is 0 Å². The van der Waals surface area contributed by atoms with Crippen LogP contribution in [0, 0.1) is 0 Å². The van der Waals surface area contributed by atoms with Crippen molar-refractivity contribution in [2.45, 2.75) is 38.5 Å². The number of fused-ring (bicyclic) bond motifs is 2. The van der Waals surface area contributed by atoms with E-state index >= 15 is 0 Å². The highest BCUT2D eigenvalue weighted by Gasteiger charge is 2.33. The van der Waals surface area contributed by atoms with Gasteiger partial charge in [0.1, 0.15) is 5.82 Å². The molecule has 2 bridgehead atoms. The molecule has 0 spiro atoms. The van der Waals surface area contributed by atoms with Crippen molar-refractivity contribution in [2.24, 2.45) is 0 Å². The van der Waals surface area contributed by atoms with Gasteiger partial charge >= 0.3 is 0 Å². The van der Waals surface area contributed by atoms with Gasteiger partial charge in [-0.05, 0) is 31.9 Å². The van der Waals surface area contributed by atoms with Crippen LogP contribution >= 0.6 is 0 Å². The molecule has 2 unspecified atom stereocenters. The van der Waals surface area contributed by atoms with Gasteiger partial charge < -0.3 is 10.1 Å². The molecule has 2 aliphatic rings. The number of hydrogen-bond donors (Lipinski definition) is 1. The van der Waals surface area contributed by atoms with Crippen LogP contribution in [0.15, 0.2) is 18.2 Å². The first kappa shape index (κ1) is 11.9. The summed E-state index contributed by atoms with van der Waals surface area (Å²) in [5, 5.41) is 3.26. The number of nitrogens with one attached hydrogen (secondary N) is 1. The molecule has 18 heavy (non-hydrogen) atoms. The second-order valence-electron chi connectivity index (χ2n) is 5.20. The van der Waals surface area contributed by atoms with E-state index in [0.29, 0.717) is 12.2 Å². The fourth-order valence-electron chi connectivity index (χ4n) is 2.90. The summed E-state index contributed by atoms with van der Waals surface area (Å²) in [5.74, 6) is 0.978. The van der Waals surface area contributed by atoms with Gasteiger partial charge in [0.25, 0.3) is 0 Å². The number of likely N-dealkylation sites (tertiary alicyclic amines) is 1. The molecule has 3 rings (SSSR count). The second kappa shape index (κ2) is 5.24. The lowest BCUT2D eigenvalue weighted by Crippen LogP contribution is -2.42. The SMILES string of the molecule is CCNc1cccc(CN2CC3CCC(C2)O3)n1. The maximum atomic E-state index is 5.85. The Kier molecular flexibility index (Phi) is 3.48. The Balaban J connectivity index is 1.63. The molecule has 0 aliphatic carbocycles. The molecule has 1 aromatic rings. The minimum atomic E-state index is 0.459. The zero-order chi connectivity index (χ0) is 12.4. The van der Waals surface area contributed by atoms with E-state index in [-0.39, 0.29) is 0 Å². The lowest BCUT2D eigenvalue weighted by Gasteiger charge is -2.31. The number of morpholine rings is 1. The fraction of sp³-hybridized carbons (Fsp3) is 0.643. The molecular formula is C14H21N3O. The molecule has 2 fully saturated rings. The molecule has 1 N–H and O–H groups in total. The third kappa shape index (κ3) is 2.65. The van der Waals surface area contributed by atoms with Crippen molar-refractivity contribution in [1.29, 1.82) is 0 Å². The molecule has 1 aromatic heterocycles. The van der Waals surface area contributed by atoms with E-state index in [1.54, 1.807) is 0 Å². The number of anilines is 1. The molecule has 3 heterocycles. The lowest BCUT2D eigenvalue weighted by atomic mass is 10.2. The Hall–Kier alpha value is -1.13. The molecule has 0 aromatic carbocycles. The van der Waals surface area contributed by atoms with E-state index in [2.05, 4.69) is 34.3 Å². The lowest BCUT2D eigenvalue weighted by molar-refractivity contribution is -0.0413. The van der Waals surface area contributed by atoms with E-state index in [0.717, 1.165) is 37.7 Å². The van der Waals surface area contributed by atoms with Gasteiger partial charge in [0.15, 0.2) is 0 Å². The number of pyridine rings is 1. The Morgan fingerprint density at radius 1 is 1.33 bits per heavy atom. The number of aromatic nitrogens is 1. The quantitative estimate of drug-likeness (QED) is 0.881. The number of hydrogen-bond acceptors (Lipinski definition) is 4. The number of nitrogens with zero attached hydrogens (tertiary/aromatic N) is 2. The zero-order valence-electron chi connectivity index (χ0n) is 10.9. The molecule has 2 atom stereocenters. The highest BCUT2D eigenvalue weighted by atomic mass is 16.5. The van der Waals surface area contributed by atoms with Gasteiger partial charge in [-0.15, -0.1) is 0 Å². The molecule has 0 amide bonds. The van der Waals surface area contributed by atoms with Crippen LogP contribution in [-0.2, 0) is 11.3 Å². The van der Waals surface area contributed by atoms with E-state index in [9.17, 15) is 0 Å². The van der Waals surface area contributed by atoms with Crippen molar-refractivity contribution in [3.05, 3.63) is 23.9 Å². The first-order valence-corrected chi connectivity index (χ1v) is 6.91. The Bertz CT molecular complexity index is 398. The summed E-state index contributed by atoms with van der Waals surface area (Å²) in [7, 11) is 0. The molecule has 0 saturated carbocycles. The van der Waals surface area contributed by atoms with Crippen molar-refractivity contribution in [3.8, 4) is 0 Å². The van der Waals surface area contributed by atoms with Crippen molar-refractivity contribution in [1.82, 2.24) is 9.88 Å². The van der Waals surface area contributed by atoms with Gasteiger partial charge in [-0.1, -0.05) is 6.07 Å². The van der Waals surface area contributed by atoms with Crippen molar-refractivity contribution in [3.63, 3.8) is 0 Å². The summed E-state index contributed by atoms with van der Waals surface area (Å²) < 4.78 is 5.85. The minimum absolute atomic E-state index is 0.459. The first-order valence-electron chi connectivity index (χ1n) is 6.91. The Morgan fingerprint density at radius 3 is 2.83 bits per heavy atom. The minimum Gasteiger partial charge on any atom is -0.372 e. The molecule has 98 valence electrons. The van der Waals surface area contributed by atoms with Gasteiger partial charge in [-0.25, -0.2) is 4.98 Å². The Morgan fingerprint density at radius 2 is 2.11 bits per heavy atom. The normalized spacial score (nSPS) is 27.4.